The van der Waals surface area contributed by atoms with Crippen molar-refractivity contribution in [1.29, 1.82) is 0 Å². The molecule has 1 unspecified atom stereocenters. The summed E-state index contributed by atoms with van der Waals surface area (Å²) in [5, 5.41) is 21.8. The summed E-state index contributed by atoms with van der Waals surface area (Å²) in [5.41, 5.74) is 0.788. The van der Waals surface area contributed by atoms with Gasteiger partial charge in [0.2, 0.25) is 5.82 Å². The highest BCUT2D eigenvalue weighted by Crippen LogP contribution is 2.44. The number of nitrogens with zero attached hydrogens (tertiary/aromatic N) is 3. The zero-order valence-corrected chi connectivity index (χ0v) is 15.2. The van der Waals surface area contributed by atoms with Gasteiger partial charge in [0.25, 0.3) is 5.92 Å². The molecule has 0 amide bonds. The summed E-state index contributed by atoms with van der Waals surface area (Å²) >= 11 is 0. The summed E-state index contributed by atoms with van der Waals surface area (Å²) in [7, 11) is 0. The minimum absolute atomic E-state index is 0.00466. The van der Waals surface area contributed by atoms with Gasteiger partial charge in [-0.2, -0.15) is 0 Å². The molecule has 8 heteroatoms. The fraction of sp³-hybridized carbons (Fsp3) is 0.350. The zero-order valence-electron chi connectivity index (χ0n) is 15.2. The predicted molar refractivity (Wildman–Crippen MR) is 101 cm³/mol. The third-order valence-electron chi connectivity index (χ3n) is 4.78. The van der Waals surface area contributed by atoms with Gasteiger partial charge in [0.1, 0.15) is 0 Å². The number of benzene rings is 1. The minimum atomic E-state index is -2.78. The largest absolute Gasteiger partial charge is 0.386 e. The molecule has 1 aliphatic carbocycles. The first-order chi connectivity index (χ1) is 13.3. The highest BCUT2D eigenvalue weighted by atomic mass is 19.3. The average Bonchev–Trinajstić information content (AvgIpc) is 2.64. The summed E-state index contributed by atoms with van der Waals surface area (Å²) in [6, 6.07) is 11.2. The fourth-order valence-electron chi connectivity index (χ4n) is 3.28. The molecule has 0 radical (unpaired) electrons. The second kappa shape index (κ2) is 8.02. The lowest BCUT2D eigenvalue weighted by atomic mass is 9.86. The van der Waals surface area contributed by atoms with E-state index in [9.17, 15) is 24.0 Å². The number of pyridine rings is 1. The van der Waals surface area contributed by atoms with E-state index in [1.807, 2.05) is 30.3 Å². The van der Waals surface area contributed by atoms with Crippen molar-refractivity contribution >= 4 is 11.5 Å². The fourth-order valence-corrected chi connectivity index (χ4v) is 3.28. The molecule has 2 aromatic rings. The molecule has 1 aromatic carbocycles. The van der Waals surface area contributed by atoms with Gasteiger partial charge in [0.15, 0.2) is 0 Å². The van der Waals surface area contributed by atoms with E-state index in [-0.39, 0.29) is 30.2 Å². The molecule has 1 N–H and O–H groups in total. The Balaban J connectivity index is 2.02. The van der Waals surface area contributed by atoms with Crippen LogP contribution in [0.1, 0.15) is 36.6 Å². The van der Waals surface area contributed by atoms with E-state index in [4.69, 9.17) is 0 Å². The van der Waals surface area contributed by atoms with Crippen molar-refractivity contribution in [1.82, 2.24) is 4.98 Å². The van der Waals surface area contributed by atoms with Gasteiger partial charge in [-0.05, 0) is 18.1 Å². The first kappa shape index (κ1) is 19.9. The molecule has 1 aromatic heterocycles. The number of aliphatic hydroxyl groups is 1. The van der Waals surface area contributed by atoms with Crippen molar-refractivity contribution in [3.05, 3.63) is 76.5 Å². The molecule has 0 spiro atoms. The Labute approximate surface area is 161 Å². The lowest BCUT2D eigenvalue weighted by molar-refractivity contribution is -0.384. The number of hydrogen-bond acceptors (Lipinski definition) is 5. The Morgan fingerprint density at radius 3 is 2.57 bits per heavy atom. The summed E-state index contributed by atoms with van der Waals surface area (Å²) in [4.78, 5) is 16.8. The van der Waals surface area contributed by atoms with Gasteiger partial charge < -0.3 is 10.0 Å². The van der Waals surface area contributed by atoms with Gasteiger partial charge >= 0.3 is 5.69 Å². The highest BCUT2D eigenvalue weighted by molar-refractivity contribution is 5.59. The van der Waals surface area contributed by atoms with Crippen LogP contribution in [-0.4, -0.2) is 27.0 Å². The van der Waals surface area contributed by atoms with Crippen LogP contribution in [0.4, 0.5) is 20.3 Å². The van der Waals surface area contributed by atoms with Crippen LogP contribution >= 0.6 is 0 Å². The van der Waals surface area contributed by atoms with Crippen LogP contribution in [0, 0.1) is 10.1 Å². The maximum Gasteiger partial charge on any atom is 0.311 e. The smallest absolute Gasteiger partial charge is 0.311 e. The van der Waals surface area contributed by atoms with E-state index in [1.54, 1.807) is 4.90 Å². The van der Waals surface area contributed by atoms with Crippen LogP contribution < -0.4 is 4.90 Å². The third kappa shape index (κ3) is 4.33. The standard InChI is InChI=1S/C20H21F2N3O3/c1-2-6-18(26)16-9-10-17(25(27)28)19(23-16)24(15-11-20(21,22)12-15)13-14-7-4-3-5-8-14/h2-5,7-10,15,18,26H,1,6,11-13H2. The van der Waals surface area contributed by atoms with E-state index in [0.29, 0.717) is 0 Å². The monoisotopic (exact) mass is 389 g/mol. The second-order valence-corrected chi connectivity index (χ2v) is 6.91. The molecule has 1 atom stereocenters. The quantitative estimate of drug-likeness (QED) is 0.411. The third-order valence-corrected chi connectivity index (χ3v) is 4.78. The second-order valence-electron chi connectivity index (χ2n) is 6.91. The van der Waals surface area contributed by atoms with Gasteiger partial charge in [0, 0.05) is 31.5 Å². The van der Waals surface area contributed by atoms with E-state index in [1.165, 1.54) is 18.2 Å². The van der Waals surface area contributed by atoms with Crippen LogP contribution in [0.3, 0.4) is 0 Å². The highest BCUT2D eigenvalue weighted by Gasteiger charge is 2.49. The Kier molecular flexibility index (Phi) is 5.69. The number of nitro groups is 1. The number of hydrogen-bond donors (Lipinski definition) is 1. The summed E-state index contributed by atoms with van der Waals surface area (Å²) in [6.45, 7) is 3.77. The topological polar surface area (TPSA) is 79.5 Å². The van der Waals surface area contributed by atoms with Crippen LogP contribution in [0.2, 0.25) is 0 Å². The van der Waals surface area contributed by atoms with Gasteiger partial charge in [0.05, 0.1) is 16.7 Å². The Hall–Kier alpha value is -2.87. The van der Waals surface area contributed by atoms with Crippen molar-refractivity contribution in [2.75, 3.05) is 4.90 Å². The van der Waals surface area contributed by atoms with Gasteiger partial charge in [-0.1, -0.05) is 36.4 Å². The lowest BCUT2D eigenvalue weighted by Gasteiger charge is -2.43. The van der Waals surface area contributed by atoms with Crippen LogP contribution in [0.15, 0.2) is 55.1 Å². The molecular weight excluding hydrogens is 368 g/mol. The maximum atomic E-state index is 13.5. The first-order valence-corrected chi connectivity index (χ1v) is 8.93. The van der Waals surface area contributed by atoms with Crippen molar-refractivity contribution in [3.8, 4) is 0 Å². The first-order valence-electron chi connectivity index (χ1n) is 8.93. The number of rotatable bonds is 8. The summed E-state index contributed by atoms with van der Waals surface area (Å²) in [6.07, 6.45) is -0.0130. The number of alkyl halides is 2. The van der Waals surface area contributed by atoms with Crippen LogP contribution in [0.5, 0.6) is 0 Å². The summed E-state index contributed by atoms with van der Waals surface area (Å²) < 4.78 is 27.1. The van der Waals surface area contributed by atoms with Gasteiger partial charge in [-0.25, -0.2) is 13.8 Å². The number of anilines is 1. The van der Waals surface area contributed by atoms with Gasteiger partial charge in [-0.3, -0.25) is 10.1 Å². The molecule has 1 aliphatic rings. The molecule has 0 saturated heterocycles. The van der Waals surface area contributed by atoms with Crippen molar-refractivity contribution in [2.45, 2.75) is 43.9 Å². The normalized spacial score (nSPS) is 16.8. The van der Waals surface area contributed by atoms with Crippen molar-refractivity contribution in [3.63, 3.8) is 0 Å². The minimum Gasteiger partial charge on any atom is -0.386 e. The van der Waals surface area contributed by atoms with E-state index in [2.05, 4.69) is 11.6 Å². The lowest BCUT2D eigenvalue weighted by Crippen LogP contribution is -2.51. The molecule has 1 fully saturated rings. The molecule has 3 rings (SSSR count). The molecule has 1 saturated carbocycles. The molecule has 28 heavy (non-hydrogen) atoms. The Bertz CT molecular complexity index is 853. The van der Waals surface area contributed by atoms with Crippen molar-refractivity contribution in [2.24, 2.45) is 0 Å². The molecule has 148 valence electrons. The van der Waals surface area contributed by atoms with E-state index in [0.717, 1.165) is 5.56 Å². The average molecular weight is 389 g/mol. The molecule has 6 nitrogen and oxygen atoms in total. The zero-order chi connectivity index (χ0) is 20.3. The molecule has 0 bridgehead atoms. The number of aliphatic hydroxyl groups excluding tert-OH is 1. The SMILES string of the molecule is C=CCC(O)c1ccc([N+](=O)[O-])c(N(Cc2ccccc2)C2CC(F)(F)C2)n1. The molecule has 0 aliphatic heterocycles. The van der Waals surface area contributed by atoms with Crippen LogP contribution in [-0.2, 0) is 6.54 Å². The maximum absolute atomic E-state index is 13.5. The number of aromatic nitrogens is 1. The summed E-state index contributed by atoms with van der Waals surface area (Å²) in [5.74, 6) is -2.79. The molecule has 1 heterocycles. The van der Waals surface area contributed by atoms with E-state index >= 15 is 0 Å². The molecular formula is C20H21F2N3O3. The van der Waals surface area contributed by atoms with Gasteiger partial charge in [-0.15, -0.1) is 6.58 Å². The van der Waals surface area contributed by atoms with Crippen molar-refractivity contribution < 1.29 is 18.8 Å². The Morgan fingerprint density at radius 2 is 2.00 bits per heavy atom. The number of halogens is 2. The predicted octanol–water partition coefficient (Wildman–Crippen LogP) is 4.40. The Morgan fingerprint density at radius 1 is 1.32 bits per heavy atom. The van der Waals surface area contributed by atoms with Crippen LogP contribution in [0.25, 0.3) is 0 Å². The van der Waals surface area contributed by atoms with E-state index < -0.39 is 35.8 Å².